The lowest BCUT2D eigenvalue weighted by Crippen LogP contribution is -2.36. The Bertz CT molecular complexity index is 525. The molecule has 108 valence electrons. The van der Waals surface area contributed by atoms with Gasteiger partial charge in [0.1, 0.15) is 0 Å². The van der Waals surface area contributed by atoms with Crippen molar-refractivity contribution in [3.8, 4) is 0 Å². The summed E-state index contributed by atoms with van der Waals surface area (Å²) < 4.78 is 0. The zero-order valence-corrected chi connectivity index (χ0v) is 12.5. The van der Waals surface area contributed by atoms with E-state index in [1.54, 1.807) is 6.92 Å². The molecule has 1 aliphatic rings. The van der Waals surface area contributed by atoms with Crippen LogP contribution in [0.1, 0.15) is 34.8 Å². The zero-order chi connectivity index (χ0) is 14.7. The van der Waals surface area contributed by atoms with E-state index in [2.05, 4.69) is 0 Å². The maximum absolute atomic E-state index is 12.6. The van der Waals surface area contributed by atoms with Crippen molar-refractivity contribution in [2.45, 2.75) is 27.2 Å². The van der Waals surface area contributed by atoms with E-state index in [1.165, 1.54) is 0 Å². The number of nitrogens with zero attached hydrogens (tertiary/aromatic N) is 2. The van der Waals surface area contributed by atoms with E-state index in [4.69, 9.17) is 0 Å². The molecule has 1 aliphatic heterocycles. The minimum Gasteiger partial charge on any atom is -0.341 e. The van der Waals surface area contributed by atoms with Gasteiger partial charge in [-0.2, -0.15) is 0 Å². The summed E-state index contributed by atoms with van der Waals surface area (Å²) in [7, 11) is 0. The largest absolute Gasteiger partial charge is 0.341 e. The van der Waals surface area contributed by atoms with Gasteiger partial charge in [-0.3, -0.25) is 9.59 Å². The van der Waals surface area contributed by atoms with E-state index in [9.17, 15) is 9.59 Å². The summed E-state index contributed by atoms with van der Waals surface area (Å²) in [5.74, 6) is 0.165. The Balaban J connectivity index is 2.11. The topological polar surface area (TPSA) is 40.6 Å². The lowest BCUT2D eigenvalue weighted by molar-refractivity contribution is -0.128. The molecular formula is C16H22N2O2. The number of rotatable bonds is 1. The Hall–Kier alpha value is -1.84. The lowest BCUT2D eigenvalue weighted by Gasteiger charge is -2.22. The van der Waals surface area contributed by atoms with Gasteiger partial charge in [-0.15, -0.1) is 0 Å². The molecule has 2 rings (SSSR count). The average Bonchev–Trinajstić information content (AvgIpc) is 2.63. The van der Waals surface area contributed by atoms with Crippen LogP contribution in [0, 0.1) is 13.8 Å². The van der Waals surface area contributed by atoms with Crippen molar-refractivity contribution in [3.05, 3.63) is 34.9 Å². The molecule has 1 fully saturated rings. The molecule has 1 aromatic rings. The van der Waals surface area contributed by atoms with Crippen molar-refractivity contribution >= 4 is 11.8 Å². The Morgan fingerprint density at radius 2 is 1.65 bits per heavy atom. The maximum Gasteiger partial charge on any atom is 0.254 e. The van der Waals surface area contributed by atoms with E-state index < -0.39 is 0 Å². The van der Waals surface area contributed by atoms with E-state index in [0.29, 0.717) is 13.1 Å². The van der Waals surface area contributed by atoms with Crippen LogP contribution in [0.15, 0.2) is 18.2 Å². The van der Waals surface area contributed by atoms with Crippen LogP contribution in [-0.4, -0.2) is 47.8 Å². The molecule has 4 nitrogen and oxygen atoms in total. The van der Waals surface area contributed by atoms with Gasteiger partial charge in [0.05, 0.1) is 0 Å². The van der Waals surface area contributed by atoms with Gasteiger partial charge in [0.15, 0.2) is 0 Å². The van der Waals surface area contributed by atoms with Crippen LogP contribution >= 0.6 is 0 Å². The number of hydrogen-bond donors (Lipinski definition) is 0. The molecule has 0 aromatic heterocycles. The fraction of sp³-hybridized carbons (Fsp3) is 0.500. The maximum atomic E-state index is 12.6. The molecule has 0 aliphatic carbocycles. The first-order chi connectivity index (χ1) is 9.49. The first kappa shape index (κ1) is 14.6. The standard InChI is InChI=1S/C16H22N2O2/c1-12-5-6-15(13(2)11-12)16(20)18-8-4-7-17(9-10-18)14(3)19/h5-6,11H,4,7-10H2,1-3H3. The second-order valence-corrected chi connectivity index (χ2v) is 5.47. The number of carbonyl (C=O) groups is 2. The summed E-state index contributed by atoms with van der Waals surface area (Å²) >= 11 is 0. The third kappa shape index (κ3) is 3.18. The highest BCUT2D eigenvalue weighted by atomic mass is 16.2. The third-order valence-corrected chi connectivity index (χ3v) is 3.84. The van der Waals surface area contributed by atoms with Gasteiger partial charge in [-0.25, -0.2) is 0 Å². The highest BCUT2D eigenvalue weighted by Crippen LogP contribution is 2.15. The van der Waals surface area contributed by atoms with E-state index in [1.807, 2.05) is 41.8 Å². The smallest absolute Gasteiger partial charge is 0.254 e. The van der Waals surface area contributed by atoms with Crippen LogP contribution in [0.3, 0.4) is 0 Å². The lowest BCUT2D eigenvalue weighted by atomic mass is 10.0. The van der Waals surface area contributed by atoms with Crippen molar-refractivity contribution in [3.63, 3.8) is 0 Å². The number of amides is 2. The summed E-state index contributed by atoms with van der Waals surface area (Å²) in [5, 5.41) is 0. The molecule has 0 radical (unpaired) electrons. The summed E-state index contributed by atoms with van der Waals surface area (Å²) in [6, 6.07) is 5.91. The van der Waals surface area contributed by atoms with Gasteiger partial charge in [0.25, 0.3) is 5.91 Å². The van der Waals surface area contributed by atoms with Crippen molar-refractivity contribution < 1.29 is 9.59 Å². The summed E-state index contributed by atoms with van der Waals surface area (Å²) in [5.41, 5.74) is 2.95. The Morgan fingerprint density at radius 1 is 1.00 bits per heavy atom. The van der Waals surface area contributed by atoms with Crippen LogP contribution in [0.25, 0.3) is 0 Å². The van der Waals surface area contributed by atoms with Crippen molar-refractivity contribution in [2.75, 3.05) is 26.2 Å². The highest BCUT2D eigenvalue weighted by Gasteiger charge is 2.22. The van der Waals surface area contributed by atoms with Crippen molar-refractivity contribution in [2.24, 2.45) is 0 Å². The number of benzene rings is 1. The van der Waals surface area contributed by atoms with Gasteiger partial charge >= 0.3 is 0 Å². The quantitative estimate of drug-likeness (QED) is 0.786. The Morgan fingerprint density at radius 3 is 2.30 bits per heavy atom. The molecule has 1 aromatic carbocycles. The third-order valence-electron chi connectivity index (χ3n) is 3.84. The minimum atomic E-state index is 0.0768. The second-order valence-electron chi connectivity index (χ2n) is 5.47. The molecule has 20 heavy (non-hydrogen) atoms. The monoisotopic (exact) mass is 274 g/mol. The first-order valence-electron chi connectivity index (χ1n) is 7.11. The van der Waals surface area contributed by atoms with Crippen LogP contribution < -0.4 is 0 Å². The number of carbonyl (C=O) groups excluding carboxylic acids is 2. The normalized spacial score (nSPS) is 15.9. The fourth-order valence-corrected chi connectivity index (χ4v) is 2.66. The molecule has 4 heteroatoms. The van der Waals surface area contributed by atoms with Crippen LogP contribution in [0.5, 0.6) is 0 Å². The molecule has 0 unspecified atom stereocenters. The molecule has 0 bridgehead atoms. The SMILES string of the molecule is CC(=O)N1CCCN(C(=O)c2ccc(C)cc2C)CC1. The van der Waals surface area contributed by atoms with Gasteiger partial charge in [-0.05, 0) is 31.9 Å². The van der Waals surface area contributed by atoms with Crippen molar-refractivity contribution in [1.82, 2.24) is 9.80 Å². The van der Waals surface area contributed by atoms with Gasteiger partial charge < -0.3 is 9.80 Å². The number of aryl methyl sites for hydroxylation is 2. The second kappa shape index (κ2) is 6.07. The zero-order valence-electron chi connectivity index (χ0n) is 12.5. The van der Waals surface area contributed by atoms with Gasteiger partial charge in [0, 0.05) is 38.7 Å². The highest BCUT2D eigenvalue weighted by molar-refractivity contribution is 5.95. The Labute approximate surface area is 120 Å². The van der Waals surface area contributed by atoms with Gasteiger partial charge in [-0.1, -0.05) is 17.7 Å². The Kier molecular flexibility index (Phi) is 4.42. The molecule has 2 amide bonds. The molecule has 0 saturated carbocycles. The van der Waals surface area contributed by atoms with E-state index in [-0.39, 0.29) is 11.8 Å². The fourth-order valence-electron chi connectivity index (χ4n) is 2.66. The summed E-state index contributed by atoms with van der Waals surface area (Å²) in [4.78, 5) is 27.7. The predicted molar refractivity (Wildman–Crippen MR) is 78.7 cm³/mol. The molecule has 0 spiro atoms. The molecule has 0 atom stereocenters. The minimum absolute atomic E-state index is 0.0768. The molecule has 1 heterocycles. The molecule has 0 N–H and O–H groups in total. The molecular weight excluding hydrogens is 252 g/mol. The molecule has 1 saturated heterocycles. The predicted octanol–water partition coefficient (Wildman–Crippen LogP) is 2.00. The summed E-state index contributed by atoms with van der Waals surface area (Å²) in [6.45, 7) is 8.29. The average molecular weight is 274 g/mol. The first-order valence-corrected chi connectivity index (χ1v) is 7.11. The van der Waals surface area contributed by atoms with Gasteiger partial charge in [0.2, 0.25) is 5.91 Å². The van der Waals surface area contributed by atoms with E-state index in [0.717, 1.165) is 36.2 Å². The van der Waals surface area contributed by atoms with Crippen LogP contribution in [-0.2, 0) is 4.79 Å². The van der Waals surface area contributed by atoms with E-state index >= 15 is 0 Å². The van der Waals surface area contributed by atoms with Crippen LogP contribution in [0.2, 0.25) is 0 Å². The van der Waals surface area contributed by atoms with Crippen LogP contribution in [0.4, 0.5) is 0 Å². The summed E-state index contributed by atoms with van der Waals surface area (Å²) in [6.07, 6.45) is 0.843. The van der Waals surface area contributed by atoms with Crippen molar-refractivity contribution in [1.29, 1.82) is 0 Å². The number of hydrogen-bond acceptors (Lipinski definition) is 2.